The minimum Gasteiger partial charge on any atom is -0.368 e. The number of nitrogens with zero attached hydrogens (tertiary/aromatic N) is 3. The van der Waals surface area contributed by atoms with Crippen LogP contribution in [0.15, 0.2) is 18.3 Å². The molecule has 2 rings (SSSR count). The number of hydrogen-bond donors (Lipinski definition) is 1. The van der Waals surface area contributed by atoms with Crippen LogP contribution in [-0.4, -0.2) is 55.1 Å². The van der Waals surface area contributed by atoms with E-state index in [0.29, 0.717) is 12.2 Å². The zero-order valence-corrected chi connectivity index (χ0v) is 13.3. The second-order valence-corrected chi connectivity index (χ2v) is 5.94. The van der Waals surface area contributed by atoms with E-state index < -0.39 is 0 Å². The summed E-state index contributed by atoms with van der Waals surface area (Å²) < 4.78 is 0. The third-order valence-electron chi connectivity index (χ3n) is 3.68. The largest absolute Gasteiger partial charge is 0.368 e. The molecule has 1 N–H and O–H groups in total. The second-order valence-electron chi connectivity index (χ2n) is 5.94. The molecule has 1 saturated heterocycles. The first kappa shape index (κ1) is 15.8. The zero-order chi connectivity index (χ0) is 15.2. The van der Waals surface area contributed by atoms with Gasteiger partial charge in [-0.2, -0.15) is 0 Å². The van der Waals surface area contributed by atoms with E-state index in [4.69, 9.17) is 0 Å². The van der Waals surface area contributed by atoms with Gasteiger partial charge in [-0.1, -0.05) is 13.8 Å². The van der Waals surface area contributed by atoms with Gasteiger partial charge in [0.1, 0.15) is 5.69 Å². The van der Waals surface area contributed by atoms with Crippen LogP contribution in [0, 0.1) is 5.92 Å². The maximum Gasteiger partial charge on any atom is 0.269 e. The Bertz CT molecular complexity index is 456. The monoisotopic (exact) mass is 292 g/mol. The minimum atomic E-state index is -0.106. The summed E-state index contributed by atoms with van der Waals surface area (Å²) in [6, 6.07) is 3.80. The van der Waals surface area contributed by atoms with Gasteiger partial charge in [0, 0.05) is 40.7 Å². The van der Waals surface area contributed by atoms with E-state index in [1.807, 2.05) is 19.2 Å². The summed E-state index contributed by atoms with van der Waals surface area (Å²) >= 11 is 0. The molecule has 1 aromatic rings. The number of rotatable bonds is 5. The van der Waals surface area contributed by atoms with Gasteiger partial charge in [0.05, 0.1) is 11.9 Å². The van der Waals surface area contributed by atoms with Crippen molar-refractivity contribution in [1.29, 1.82) is 0 Å². The SMILES string of the molecule is CCNC(=O)c1ccc(N2CCN(CC(C)C)CC2)cn1.[HH]. The molecule has 21 heavy (non-hydrogen) atoms. The fraction of sp³-hybridized carbons (Fsp3) is 0.625. The lowest BCUT2D eigenvalue weighted by Crippen LogP contribution is -2.47. The van der Waals surface area contributed by atoms with Crippen LogP contribution in [0.2, 0.25) is 0 Å². The number of piperazine rings is 1. The molecule has 0 aromatic carbocycles. The average molecular weight is 292 g/mol. The normalized spacial score (nSPS) is 16.3. The lowest BCUT2D eigenvalue weighted by atomic mass is 10.2. The molecular formula is C16H28N4O. The predicted molar refractivity (Wildman–Crippen MR) is 87.8 cm³/mol. The summed E-state index contributed by atoms with van der Waals surface area (Å²) in [5, 5.41) is 2.76. The molecule has 2 heterocycles. The Kier molecular flexibility index (Phi) is 5.56. The van der Waals surface area contributed by atoms with E-state index in [1.165, 1.54) is 6.54 Å². The molecule has 0 spiro atoms. The average Bonchev–Trinajstić information content (AvgIpc) is 2.48. The highest BCUT2D eigenvalue weighted by molar-refractivity contribution is 5.92. The maximum atomic E-state index is 11.7. The maximum absolute atomic E-state index is 11.7. The van der Waals surface area contributed by atoms with Crippen LogP contribution in [0.5, 0.6) is 0 Å². The minimum absolute atomic E-state index is 0. The quantitative estimate of drug-likeness (QED) is 0.900. The van der Waals surface area contributed by atoms with Crippen molar-refractivity contribution in [3.8, 4) is 0 Å². The molecule has 0 unspecified atom stereocenters. The fourth-order valence-corrected chi connectivity index (χ4v) is 2.66. The highest BCUT2D eigenvalue weighted by Crippen LogP contribution is 2.16. The first-order valence-corrected chi connectivity index (χ1v) is 7.81. The van der Waals surface area contributed by atoms with Gasteiger partial charge in [0.15, 0.2) is 0 Å². The molecule has 1 amide bonds. The number of pyridine rings is 1. The van der Waals surface area contributed by atoms with Crippen molar-refractivity contribution in [3.63, 3.8) is 0 Å². The molecule has 5 nitrogen and oxygen atoms in total. The molecule has 1 aromatic heterocycles. The van der Waals surface area contributed by atoms with E-state index >= 15 is 0 Å². The Labute approximate surface area is 128 Å². The molecule has 0 atom stereocenters. The number of carbonyl (C=O) groups excluding carboxylic acids is 1. The van der Waals surface area contributed by atoms with Gasteiger partial charge in [-0.3, -0.25) is 9.69 Å². The number of anilines is 1. The molecule has 1 aliphatic heterocycles. The van der Waals surface area contributed by atoms with Crippen LogP contribution in [0.1, 0.15) is 32.7 Å². The predicted octanol–water partition coefficient (Wildman–Crippen LogP) is 1.86. The molecule has 5 heteroatoms. The lowest BCUT2D eigenvalue weighted by molar-refractivity contribution is 0.0951. The van der Waals surface area contributed by atoms with Gasteiger partial charge in [0.2, 0.25) is 0 Å². The topological polar surface area (TPSA) is 48.5 Å². The molecule has 0 bridgehead atoms. The molecule has 0 saturated carbocycles. The van der Waals surface area contributed by atoms with Crippen molar-refractivity contribution in [2.75, 3.05) is 44.2 Å². The van der Waals surface area contributed by atoms with Crippen molar-refractivity contribution < 1.29 is 6.22 Å². The third-order valence-corrected chi connectivity index (χ3v) is 3.68. The Balaban J connectivity index is 0.00000242. The van der Waals surface area contributed by atoms with E-state index in [2.05, 4.69) is 33.9 Å². The summed E-state index contributed by atoms with van der Waals surface area (Å²) in [6.45, 7) is 12.5. The Morgan fingerprint density at radius 1 is 1.33 bits per heavy atom. The standard InChI is InChI=1S/C16H26N4O.H2/c1-4-17-16(21)15-6-5-14(11-18-15)20-9-7-19(8-10-20)12-13(2)3;/h5-6,11,13H,4,7-10,12H2,1-3H3,(H,17,21);1H. The van der Waals surface area contributed by atoms with Crippen LogP contribution >= 0.6 is 0 Å². The summed E-state index contributed by atoms with van der Waals surface area (Å²) in [7, 11) is 0. The fourth-order valence-electron chi connectivity index (χ4n) is 2.66. The summed E-state index contributed by atoms with van der Waals surface area (Å²) in [4.78, 5) is 20.8. The first-order chi connectivity index (χ1) is 10.1. The highest BCUT2D eigenvalue weighted by atomic mass is 16.1. The van der Waals surface area contributed by atoms with Crippen molar-refractivity contribution in [2.24, 2.45) is 5.92 Å². The summed E-state index contributed by atoms with van der Waals surface area (Å²) in [5.74, 6) is 0.611. The molecule has 1 fully saturated rings. The first-order valence-electron chi connectivity index (χ1n) is 7.81. The van der Waals surface area contributed by atoms with Crippen molar-refractivity contribution in [2.45, 2.75) is 20.8 Å². The van der Waals surface area contributed by atoms with E-state index in [0.717, 1.165) is 37.8 Å². The van der Waals surface area contributed by atoms with Crippen molar-refractivity contribution in [3.05, 3.63) is 24.0 Å². The van der Waals surface area contributed by atoms with Crippen LogP contribution in [0.25, 0.3) is 0 Å². The van der Waals surface area contributed by atoms with Crippen LogP contribution in [-0.2, 0) is 0 Å². The van der Waals surface area contributed by atoms with E-state index in [9.17, 15) is 4.79 Å². The number of amides is 1. The van der Waals surface area contributed by atoms with Gasteiger partial charge in [-0.25, -0.2) is 4.98 Å². The van der Waals surface area contributed by atoms with Crippen LogP contribution < -0.4 is 10.2 Å². The molecule has 118 valence electrons. The molecule has 0 radical (unpaired) electrons. The van der Waals surface area contributed by atoms with E-state index in [-0.39, 0.29) is 7.33 Å². The molecule has 0 aliphatic carbocycles. The van der Waals surface area contributed by atoms with Gasteiger partial charge in [0.25, 0.3) is 5.91 Å². The van der Waals surface area contributed by atoms with Crippen molar-refractivity contribution in [1.82, 2.24) is 15.2 Å². The van der Waals surface area contributed by atoms with E-state index in [1.54, 1.807) is 6.07 Å². The van der Waals surface area contributed by atoms with Crippen LogP contribution in [0.3, 0.4) is 0 Å². The Hall–Kier alpha value is -1.62. The smallest absolute Gasteiger partial charge is 0.269 e. The van der Waals surface area contributed by atoms with Gasteiger partial charge >= 0.3 is 0 Å². The number of nitrogens with one attached hydrogen (secondary N) is 1. The van der Waals surface area contributed by atoms with Gasteiger partial charge < -0.3 is 10.2 Å². The molecular weight excluding hydrogens is 264 g/mol. The number of carbonyl (C=O) groups is 1. The third kappa shape index (κ3) is 4.43. The van der Waals surface area contributed by atoms with Crippen LogP contribution in [0.4, 0.5) is 5.69 Å². The zero-order valence-electron chi connectivity index (χ0n) is 13.3. The Morgan fingerprint density at radius 3 is 2.57 bits per heavy atom. The Morgan fingerprint density at radius 2 is 2.05 bits per heavy atom. The van der Waals surface area contributed by atoms with Gasteiger partial charge in [-0.05, 0) is 25.0 Å². The highest BCUT2D eigenvalue weighted by Gasteiger charge is 2.18. The lowest BCUT2D eigenvalue weighted by Gasteiger charge is -2.36. The number of aromatic nitrogens is 1. The molecule has 1 aliphatic rings. The van der Waals surface area contributed by atoms with Gasteiger partial charge in [-0.15, -0.1) is 0 Å². The summed E-state index contributed by atoms with van der Waals surface area (Å²) in [6.07, 6.45) is 1.81. The van der Waals surface area contributed by atoms with Crippen molar-refractivity contribution >= 4 is 11.6 Å². The summed E-state index contributed by atoms with van der Waals surface area (Å²) in [5.41, 5.74) is 1.59. The second kappa shape index (κ2) is 7.41. The number of hydrogen-bond acceptors (Lipinski definition) is 4.